The van der Waals surface area contributed by atoms with Crippen molar-refractivity contribution in [1.29, 1.82) is 0 Å². The van der Waals surface area contributed by atoms with E-state index in [1.54, 1.807) is 14.2 Å². The van der Waals surface area contributed by atoms with Crippen LogP contribution in [0.4, 0.5) is 0 Å². The largest absolute Gasteiger partial charge is 0.384 e. The topological polar surface area (TPSA) is 18.5 Å². The minimum absolute atomic E-state index is 0.676. The molecular formula is C14H36O2. The standard InChI is InChI=1S/2C5H12O.2C2H6/c2*1-5(2)4-6-3;2*1-2/h2*5H,4H2,1-3H3;2*1-2H3. The molecule has 0 aliphatic rings. The van der Waals surface area contributed by atoms with Gasteiger partial charge in [-0.05, 0) is 11.8 Å². The smallest absolute Gasteiger partial charge is 0.0485 e. The Morgan fingerprint density at radius 3 is 0.812 bits per heavy atom. The van der Waals surface area contributed by atoms with Gasteiger partial charge in [-0.25, -0.2) is 0 Å². The second-order valence-corrected chi connectivity index (χ2v) is 3.70. The summed E-state index contributed by atoms with van der Waals surface area (Å²) in [5.74, 6) is 1.35. The zero-order chi connectivity index (χ0) is 14.0. The molecule has 0 unspecified atom stereocenters. The summed E-state index contributed by atoms with van der Waals surface area (Å²) in [6.45, 7) is 18.3. The van der Waals surface area contributed by atoms with Crippen LogP contribution in [0.5, 0.6) is 0 Å². The molecule has 0 atom stereocenters. The van der Waals surface area contributed by atoms with Crippen LogP contribution in [0, 0.1) is 11.8 Å². The van der Waals surface area contributed by atoms with E-state index in [2.05, 4.69) is 27.7 Å². The summed E-state index contributed by atoms with van der Waals surface area (Å²) in [6.07, 6.45) is 0. The molecule has 104 valence electrons. The zero-order valence-corrected chi connectivity index (χ0v) is 13.4. The van der Waals surface area contributed by atoms with Crippen molar-refractivity contribution in [3.05, 3.63) is 0 Å². The molecule has 0 N–H and O–H groups in total. The Morgan fingerprint density at radius 1 is 0.625 bits per heavy atom. The van der Waals surface area contributed by atoms with Gasteiger partial charge in [0.2, 0.25) is 0 Å². The van der Waals surface area contributed by atoms with Gasteiger partial charge < -0.3 is 9.47 Å². The molecule has 0 aromatic carbocycles. The lowest BCUT2D eigenvalue weighted by atomic mass is 10.2. The molecule has 0 fully saturated rings. The van der Waals surface area contributed by atoms with Crippen LogP contribution in [-0.4, -0.2) is 27.4 Å². The third-order valence-electron chi connectivity index (χ3n) is 1.00. The molecule has 0 spiro atoms. The quantitative estimate of drug-likeness (QED) is 0.708. The monoisotopic (exact) mass is 236 g/mol. The predicted molar refractivity (Wildman–Crippen MR) is 76.1 cm³/mol. The van der Waals surface area contributed by atoms with Crippen LogP contribution in [0.1, 0.15) is 55.4 Å². The lowest BCUT2D eigenvalue weighted by Crippen LogP contribution is -1.96. The van der Waals surface area contributed by atoms with E-state index in [0.717, 1.165) is 13.2 Å². The first-order chi connectivity index (χ1) is 7.54. The molecule has 16 heavy (non-hydrogen) atoms. The summed E-state index contributed by atoms with van der Waals surface area (Å²) < 4.78 is 9.61. The second kappa shape index (κ2) is 29.4. The molecule has 0 aromatic rings. The maximum absolute atomic E-state index is 4.80. The Labute approximate surface area is 105 Å². The predicted octanol–water partition coefficient (Wildman–Crippen LogP) is 4.63. The minimum Gasteiger partial charge on any atom is -0.384 e. The van der Waals surface area contributed by atoms with Crippen LogP contribution < -0.4 is 0 Å². The van der Waals surface area contributed by atoms with Crippen LogP contribution >= 0.6 is 0 Å². The maximum Gasteiger partial charge on any atom is 0.0485 e. The SMILES string of the molecule is CC.CC.COCC(C)C.COCC(C)C. The number of methoxy groups -OCH3 is 2. The van der Waals surface area contributed by atoms with E-state index >= 15 is 0 Å². The van der Waals surface area contributed by atoms with Gasteiger partial charge >= 0.3 is 0 Å². The molecular weight excluding hydrogens is 200 g/mol. The molecule has 0 amide bonds. The van der Waals surface area contributed by atoms with Gasteiger partial charge in [-0.15, -0.1) is 0 Å². The Bertz CT molecular complexity index is 61.1. The summed E-state index contributed by atoms with van der Waals surface area (Å²) in [5.41, 5.74) is 0. The first-order valence-electron chi connectivity index (χ1n) is 6.52. The lowest BCUT2D eigenvalue weighted by molar-refractivity contribution is 0.167. The maximum atomic E-state index is 4.80. The van der Waals surface area contributed by atoms with Gasteiger partial charge in [0, 0.05) is 27.4 Å². The summed E-state index contributed by atoms with van der Waals surface area (Å²) >= 11 is 0. The fourth-order valence-electron chi connectivity index (χ4n) is 0.667. The lowest BCUT2D eigenvalue weighted by Gasteiger charge is -1.97. The molecule has 0 rings (SSSR count). The van der Waals surface area contributed by atoms with Crippen LogP contribution in [0.2, 0.25) is 0 Å². The number of rotatable bonds is 4. The molecule has 0 saturated heterocycles. The second-order valence-electron chi connectivity index (χ2n) is 3.70. The highest BCUT2D eigenvalue weighted by Gasteiger charge is 1.86. The van der Waals surface area contributed by atoms with Crippen molar-refractivity contribution in [2.45, 2.75) is 55.4 Å². The zero-order valence-electron chi connectivity index (χ0n) is 13.4. The summed E-state index contributed by atoms with van der Waals surface area (Å²) in [4.78, 5) is 0. The molecule has 0 radical (unpaired) electrons. The summed E-state index contributed by atoms with van der Waals surface area (Å²) in [6, 6.07) is 0. The molecule has 0 heterocycles. The van der Waals surface area contributed by atoms with Crippen molar-refractivity contribution in [2.24, 2.45) is 11.8 Å². The van der Waals surface area contributed by atoms with Gasteiger partial charge in [0.15, 0.2) is 0 Å². The van der Waals surface area contributed by atoms with E-state index in [1.807, 2.05) is 27.7 Å². The highest BCUT2D eigenvalue weighted by atomic mass is 16.5. The molecule has 0 aliphatic heterocycles. The molecule has 0 saturated carbocycles. The highest BCUT2D eigenvalue weighted by Crippen LogP contribution is 1.88. The van der Waals surface area contributed by atoms with E-state index in [4.69, 9.17) is 9.47 Å². The number of hydrogen-bond acceptors (Lipinski definition) is 2. The number of ether oxygens (including phenoxy) is 2. The van der Waals surface area contributed by atoms with Gasteiger partial charge in [0.1, 0.15) is 0 Å². The van der Waals surface area contributed by atoms with Gasteiger partial charge in [-0.2, -0.15) is 0 Å². The van der Waals surface area contributed by atoms with E-state index in [9.17, 15) is 0 Å². The summed E-state index contributed by atoms with van der Waals surface area (Å²) in [5, 5.41) is 0. The average molecular weight is 236 g/mol. The first kappa shape index (κ1) is 24.9. The normalized spacial score (nSPS) is 8.25. The molecule has 2 nitrogen and oxygen atoms in total. The van der Waals surface area contributed by atoms with Gasteiger partial charge in [0.25, 0.3) is 0 Å². The summed E-state index contributed by atoms with van der Waals surface area (Å²) in [7, 11) is 3.44. The van der Waals surface area contributed by atoms with Crippen molar-refractivity contribution in [1.82, 2.24) is 0 Å². The third-order valence-corrected chi connectivity index (χ3v) is 1.00. The Kier molecular flexibility index (Phi) is 45.8. The van der Waals surface area contributed by atoms with Gasteiger partial charge in [-0.1, -0.05) is 55.4 Å². The van der Waals surface area contributed by atoms with E-state index in [0.29, 0.717) is 11.8 Å². The molecule has 2 heteroatoms. The highest BCUT2D eigenvalue weighted by molar-refractivity contribution is 4.35. The number of hydrogen-bond donors (Lipinski definition) is 0. The van der Waals surface area contributed by atoms with E-state index < -0.39 is 0 Å². The fraction of sp³-hybridized carbons (Fsp3) is 1.00. The fourth-order valence-corrected chi connectivity index (χ4v) is 0.667. The van der Waals surface area contributed by atoms with Gasteiger partial charge in [0.05, 0.1) is 0 Å². The van der Waals surface area contributed by atoms with Crippen LogP contribution in [0.15, 0.2) is 0 Å². The van der Waals surface area contributed by atoms with E-state index in [1.165, 1.54) is 0 Å². The average Bonchev–Trinajstić information content (AvgIpc) is 2.24. The van der Waals surface area contributed by atoms with Crippen molar-refractivity contribution in [3.63, 3.8) is 0 Å². The molecule has 0 aromatic heterocycles. The Morgan fingerprint density at radius 2 is 0.812 bits per heavy atom. The van der Waals surface area contributed by atoms with Gasteiger partial charge in [-0.3, -0.25) is 0 Å². The van der Waals surface area contributed by atoms with Crippen LogP contribution in [-0.2, 0) is 9.47 Å². The van der Waals surface area contributed by atoms with Crippen molar-refractivity contribution in [3.8, 4) is 0 Å². The first-order valence-corrected chi connectivity index (χ1v) is 6.52. The minimum atomic E-state index is 0.676. The van der Waals surface area contributed by atoms with Crippen molar-refractivity contribution in [2.75, 3.05) is 27.4 Å². The molecule has 0 aliphatic carbocycles. The van der Waals surface area contributed by atoms with E-state index in [-0.39, 0.29) is 0 Å². The van der Waals surface area contributed by atoms with Crippen molar-refractivity contribution >= 4 is 0 Å². The molecule has 0 bridgehead atoms. The third kappa shape index (κ3) is 66.3. The Balaban J connectivity index is -0.0000000686. The van der Waals surface area contributed by atoms with Crippen molar-refractivity contribution < 1.29 is 9.47 Å². The van der Waals surface area contributed by atoms with Crippen LogP contribution in [0.3, 0.4) is 0 Å². The van der Waals surface area contributed by atoms with Crippen LogP contribution in [0.25, 0.3) is 0 Å². The Hall–Kier alpha value is -0.0800.